The van der Waals surface area contributed by atoms with Crippen LogP contribution in [0.1, 0.15) is 5.56 Å². The van der Waals surface area contributed by atoms with E-state index in [-0.39, 0.29) is 0 Å². The average Bonchev–Trinajstić information content (AvgIpc) is 2.46. The lowest BCUT2D eigenvalue weighted by Crippen LogP contribution is -1.94. The molecule has 0 aliphatic heterocycles. The quantitative estimate of drug-likeness (QED) is 0.765. The van der Waals surface area contributed by atoms with Crippen LogP contribution in [0.4, 0.5) is 5.69 Å². The molecule has 2 aromatic carbocycles. The van der Waals surface area contributed by atoms with Gasteiger partial charge in [-0.25, -0.2) is 0 Å². The molecular formula is C17H16N2O. The summed E-state index contributed by atoms with van der Waals surface area (Å²) in [6.45, 7) is 1.99. The minimum absolute atomic E-state index is 0.706. The molecule has 0 unspecified atom stereocenters. The Labute approximate surface area is 118 Å². The third-order valence-electron chi connectivity index (χ3n) is 3.37. The number of ether oxygens (including phenoxy) is 1. The van der Waals surface area contributed by atoms with Gasteiger partial charge in [0.2, 0.25) is 0 Å². The van der Waals surface area contributed by atoms with E-state index in [1.54, 1.807) is 7.11 Å². The second-order valence-corrected chi connectivity index (χ2v) is 4.88. The highest BCUT2D eigenvalue weighted by molar-refractivity contribution is 5.89. The SMILES string of the molecule is COc1ccc2cc(-c3ncc(C)cc3N)ccc2c1. The number of hydrogen-bond acceptors (Lipinski definition) is 3. The van der Waals surface area contributed by atoms with Gasteiger partial charge in [-0.05, 0) is 47.5 Å². The number of methoxy groups -OCH3 is 1. The number of anilines is 1. The van der Waals surface area contributed by atoms with Gasteiger partial charge in [0.25, 0.3) is 0 Å². The first-order chi connectivity index (χ1) is 9.67. The number of nitrogens with zero attached hydrogens (tertiary/aromatic N) is 1. The van der Waals surface area contributed by atoms with Gasteiger partial charge in [-0.1, -0.05) is 18.2 Å². The first-order valence-corrected chi connectivity index (χ1v) is 6.47. The largest absolute Gasteiger partial charge is 0.497 e. The second-order valence-electron chi connectivity index (χ2n) is 4.88. The highest BCUT2D eigenvalue weighted by atomic mass is 16.5. The molecule has 0 radical (unpaired) electrons. The number of aromatic nitrogens is 1. The molecule has 0 fully saturated rings. The van der Waals surface area contributed by atoms with E-state index in [1.165, 1.54) is 0 Å². The van der Waals surface area contributed by atoms with Crippen molar-refractivity contribution >= 4 is 16.5 Å². The van der Waals surface area contributed by atoms with Gasteiger partial charge in [0.15, 0.2) is 0 Å². The predicted molar refractivity (Wildman–Crippen MR) is 82.9 cm³/mol. The molecular weight excluding hydrogens is 248 g/mol. The van der Waals surface area contributed by atoms with Gasteiger partial charge in [0.1, 0.15) is 5.75 Å². The molecule has 3 rings (SSSR count). The number of nitrogen functional groups attached to an aromatic ring is 1. The van der Waals surface area contributed by atoms with E-state index in [1.807, 2.05) is 43.5 Å². The Kier molecular flexibility index (Phi) is 3.03. The normalized spacial score (nSPS) is 10.7. The fraction of sp³-hybridized carbons (Fsp3) is 0.118. The molecule has 0 atom stereocenters. The van der Waals surface area contributed by atoms with E-state index in [0.29, 0.717) is 5.69 Å². The molecule has 100 valence electrons. The van der Waals surface area contributed by atoms with Crippen LogP contribution in [0.15, 0.2) is 48.7 Å². The lowest BCUT2D eigenvalue weighted by molar-refractivity contribution is 0.415. The van der Waals surface area contributed by atoms with Gasteiger partial charge in [-0.2, -0.15) is 0 Å². The van der Waals surface area contributed by atoms with Crippen LogP contribution in [0.25, 0.3) is 22.0 Å². The molecule has 1 aromatic heterocycles. The van der Waals surface area contributed by atoms with Crippen molar-refractivity contribution in [3.8, 4) is 17.0 Å². The van der Waals surface area contributed by atoms with Gasteiger partial charge in [0.05, 0.1) is 18.5 Å². The first-order valence-electron chi connectivity index (χ1n) is 6.47. The maximum absolute atomic E-state index is 6.06. The number of hydrogen-bond donors (Lipinski definition) is 1. The van der Waals surface area contributed by atoms with Crippen LogP contribution in [-0.2, 0) is 0 Å². The summed E-state index contributed by atoms with van der Waals surface area (Å²) in [5.74, 6) is 0.859. The molecule has 0 bridgehead atoms. The Morgan fingerprint density at radius 1 is 1.00 bits per heavy atom. The number of pyridine rings is 1. The van der Waals surface area contributed by atoms with Crippen molar-refractivity contribution in [3.05, 3.63) is 54.2 Å². The van der Waals surface area contributed by atoms with Gasteiger partial charge >= 0.3 is 0 Å². The lowest BCUT2D eigenvalue weighted by Gasteiger charge is -2.08. The molecule has 3 nitrogen and oxygen atoms in total. The molecule has 0 amide bonds. The van der Waals surface area contributed by atoms with Crippen molar-refractivity contribution < 1.29 is 4.74 Å². The molecule has 0 saturated heterocycles. The molecule has 0 saturated carbocycles. The summed E-state index contributed by atoms with van der Waals surface area (Å²) in [6, 6.07) is 14.2. The number of fused-ring (bicyclic) bond motifs is 1. The Morgan fingerprint density at radius 2 is 1.75 bits per heavy atom. The third kappa shape index (κ3) is 2.18. The molecule has 0 aliphatic carbocycles. The van der Waals surface area contributed by atoms with Crippen LogP contribution < -0.4 is 10.5 Å². The summed E-state index contributed by atoms with van der Waals surface area (Å²) in [5.41, 5.74) is 9.69. The topological polar surface area (TPSA) is 48.1 Å². The van der Waals surface area contributed by atoms with Crippen LogP contribution in [0, 0.1) is 6.92 Å². The van der Waals surface area contributed by atoms with Crippen molar-refractivity contribution in [3.63, 3.8) is 0 Å². The van der Waals surface area contributed by atoms with Gasteiger partial charge < -0.3 is 10.5 Å². The van der Waals surface area contributed by atoms with E-state index in [4.69, 9.17) is 10.5 Å². The fourth-order valence-corrected chi connectivity index (χ4v) is 2.33. The monoisotopic (exact) mass is 264 g/mol. The average molecular weight is 264 g/mol. The third-order valence-corrected chi connectivity index (χ3v) is 3.37. The van der Waals surface area contributed by atoms with Crippen LogP contribution in [0.5, 0.6) is 5.75 Å². The maximum Gasteiger partial charge on any atom is 0.119 e. The first kappa shape index (κ1) is 12.5. The second kappa shape index (κ2) is 4.85. The summed E-state index contributed by atoms with van der Waals surface area (Å²) < 4.78 is 5.24. The summed E-state index contributed by atoms with van der Waals surface area (Å²) in [5, 5.41) is 2.28. The van der Waals surface area contributed by atoms with E-state index >= 15 is 0 Å². The van der Waals surface area contributed by atoms with Crippen LogP contribution in [0.2, 0.25) is 0 Å². The zero-order chi connectivity index (χ0) is 14.1. The minimum atomic E-state index is 0.706. The number of benzene rings is 2. The van der Waals surface area contributed by atoms with Gasteiger partial charge in [0, 0.05) is 11.8 Å². The smallest absolute Gasteiger partial charge is 0.119 e. The van der Waals surface area contributed by atoms with Crippen LogP contribution >= 0.6 is 0 Å². The molecule has 3 heteroatoms. The Morgan fingerprint density at radius 3 is 2.50 bits per heavy atom. The number of nitrogens with two attached hydrogens (primary N) is 1. The Balaban J connectivity index is 2.13. The van der Waals surface area contributed by atoms with E-state index in [0.717, 1.165) is 33.3 Å². The zero-order valence-electron chi connectivity index (χ0n) is 11.6. The molecule has 2 N–H and O–H groups in total. The fourth-order valence-electron chi connectivity index (χ4n) is 2.33. The Bertz CT molecular complexity index is 781. The lowest BCUT2D eigenvalue weighted by atomic mass is 10.0. The van der Waals surface area contributed by atoms with Crippen molar-refractivity contribution in [1.82, 2.24) is 4.98 Å². The van der Waals surface area contributed by atoms with E-state index < -0.39 is 0 Å². The van der Waals surface area contributed by atoms with Crippen molar-refractivity contribution in [2.45, 2.75) is 6.92 Å². The molecule has 20 heavy (non-hydrogen) atoms. The van der Waals surface area contributed by atoms with Crippen LogP contribution in [-0.4, -0.2) is 12.1 Å². The summed E-state index contributed by atoms with van der Waals surface area (Å²) in [4.78, 5) is 4.44. The van der Waals surface area contributed by atoms with Crippen molar-refractivity contribution in [2.75, 3.05) is 12.8 Å². The van der Waals surface area contributed by atoms with Gasteiger partial charge in [-0.3, -0.25) is 4.98 Å². The molecule has 3 aromatic rings. The predicted octanol–water partition coefficient (Wildman–Crippen LogP) is 3.80. The number of aryl methyl sites for hydroxylation is 1. The van der Waals surface area contributed by atoms with E-state index in [2.05, 4.69) is 17.1 Å². The van der Waals surface area contributed by atoms with Gasteiger partial charge in [-0.15, -0.1) is 0 Å². The summed E-state index contributed by atoms with van der Waals surface area (Å²) in [7, 11) is 1.67. The van der Waals surface area contributed by atoms with Crippen molar-refractivity contribution in [2.24, 2.45) is 0 Å². The highest BCUT2D eigenvalue weighted by Gasteiger charge is 2.06. The maximum atomic E-state index is 6.06. The standard InChI is InChI=1S/C17H16N2O/c1-11-7-16(18)17(19-10-11)14-4-3-13-9-15(20-2)6-5-12(13)8-14/h3-10H,18H2,1-2H3. The van der Waals surface area contributed by atoms with Crippen molar-refractivity contribution in [1.29, 1.82) is 0 Å². The molecule has 0 spiro atoms. The summed E-state index contributed by atoms with van der Waals surface area (Å²) in [6.07, 6.45) is 1.84. The zero-order valence-corrected chi connectivity index (χ0v) is 11.6. The van der Waals surface area contributed by atoms with E-state index in [9.17, 15) is 0 Å². The molecule has 1 heterocycles. The Hall–Kier alpha value is -2.55. The highest BCUT2D eigenvalue weighted by Crippen LogP contribution is 2.29. The molecule has 0 aliphatic rings. The number of rotatable bonds is 2. The van der Waals surface area contributed by atoms with Crippen LogP contribution in [0.3, 0.4) is 0 Å². The minimum Gasteiger partial charge on any atom is -0.497 e. The summed E-state index contributed by atoms with van der Waals surface area (Å²) >= 11 is 0.